The summed E-state index contributed by atoms with van der Waals surface area (Å²) in [6.45, 7) is 8.70. The second-order valence-corrected chi connectivity index (χ2v) is 6.65. The van der Waals surface area contributed by atoms with Crippen molar-refractivity contribution in [3.05, 3.63) is 63.1 Å². The predicted molar refractivity (Wildman–Crippen MR) is 96.1 cm³/mol. The van der Waals surface area contributed by atoms with Crippen molar-refractivity contribution in [3.63, 3.8) is 0 Å². The Balaban J connectivity index is 2.16. The molecule has 0 aromatic heterocycles. The van der Waals surface area contributed by atoms with Gasteiger partial charge in [-0.15, -0.1) is 0 Å². The smallest absolute Gasteiger partial charge is 0.0519 e. The second-order valence-electron chi connectivity index (χ2n) is 5.80. The molecule has 21 heavy (non-hydrogen) atoms. The Bertz CT molecular complexity index is 578. The van der Waals surface area contributed by atoms with Gasteiger partial charge in [-0.25, -0.2) is 0 Å². The summed E-state index contributed by atoms with van der Waals surface area (Å²) in [4.78, 5) is 0. The molecule has 1 N–H and O–H groups in total. The molecule has 0 aliphatic carbocycles. The first-order chi connectivity index (χ1) is 10.0. The molecule has 0 aliphatic rings. The standard InChI is InChI=1S/C19H24BrN/c1-5-6-16-7-9-17(10-8-16)15(4)21-19-14(3)11-13(2)12-18(19)20/h7-12,15,21H,5-6H2,1-4H3. The quantitative estimate of drug-likeness (QED) is 0.680. The Hall–Kier alpha value is -1.28. The molecule has 1 nitrogen and oxygen atoms in total. The number of hydrogen-bond acceptors (Lipinski definition) is 1. The van der Waals surface area contributed by atoms with Crippen molar-refractivity contribution in [2.75, 3.05) is 5.32 Å². The summed E-state index contributed by atoms with van der Waals surface area (Å²) in [6.07, 6.45) is 2.35. The molecule has 112 valence electrons. The van der Waals surface area contributed by atoms with Crippen molar-refractivity contribution in [2.24, 2.45) is 0 Å². The van der Waals surface area contributed by atoms with Crippen molar-refractivity contribution >= 4 is 21.6 Å². The lowest BCUT2D eigenvalue weighted by atomic mass is 10.0. The Morgan fingerprint density at radius 2 is 1.76 bits per heavy atom. The maximum absolute atomic E-state index is 3.67. The summed E-state index contributed by atoms with van der Waals surface area (Å²) in [5, 5.41) is 3.63. The first kappa shape index (κ1) is 16.1. The van der Waals surface area contributed by atoms with Gasteiger partial charge in [0.15, 0.2) is 0 Å². The van der Waals surface area contributed by atoms with E-state index in [1.807, 2.05) is 0 Å². The number of hydrogen-bond donors (Lipinski definition) is 1. The van der Waals surface area contributed by atoms with Gasteiger partial charge in [-0.05, 0) is 71.4 Å². The average Bonchev–Trinajstić information content (AvgIpc) is 2.43. The summed E-state index contributed by atoms with van der Waals surface area (Å²) in [6, 6.07) is 13.6. The van der Waals surface area contributed by atoms with E-state index in [4.69, 9.17) is 0 Å². The molecule has 0 radical (unpaired) electrons. The minimum Gasteiger partial charge on any atom is -0.377 e. The van der Waals surface area contributed by atoms with Gasteiger partial charge in [0.1, 0.15) is 0 Å². The van der Waals surface area contributed by atoms with Gasteiger partial charge in [0.2, 0.25) is 0 Å². The van der Waals surface area contributed by atoms with Crippen LogP contribution in [0.2, 0.25) is 0 Å². The molecule has 2 aromatic rings. The molecule has 0 saturated carbocycles. The fourth-order valence-corrected chi connectivity index (χ4v) is 3.45. The third-order valence-corrected chi connectivity index (χ3v) is 4.44. The second kappa shape index (κ2) is 7.13. The Morgan fingerprint density at radius 3 is 2.33 bits per heavy atom. The van der Waals surface area contributed by atoms with Gasteiger partial charge in [0.25, 0.3) is 0 Å². The van der Waals surface area contributed by atoms with Gasteiger partial charge in [0, 0.05) is 10.5 Å². The largest absolute Gasteiger partial charge is 0.377 e. The number of benzene rings is 2. The number of aryl methyl sites for hydroxylation is 3. The summed E-state index contributed by atoms with van der Waals surface area (Å²) < 4.78 is 1.13. The minimum atomic E-state index is 0.290. The molecule has 0 amide bonds. The van der Waals surface area contributed by atoms with Crippen molar-refractivity contribution in [3.8, 4) is 0 Å². The summed E-state index contributed by atoms with van der Waals surface area (Å²) in [5.41, 5.74) is 6.48. The highest BCUT2D eigenvalue weighted by atomic mass is 79.9. The van der Waals surface area contributed by atoms with Crippen LogP contribution >= 0.6 is 15.9 Å². The van der Waals surface area contributed by atoms with E-state index < -0.39 is 0 Å². The van der Waals surface area contributed by atoms with Crippen LogP contribution in [0.15, 0.2) is 40.9 Å². The zero-order chi connectivity index (χ0) is 15.4. The summed E-state index contributed by atoms with van der Waals surface area (Å²) >= 11 is 3.67. The van der Waals surface area contributed by atoms with E-state index in [1.165, 1.54) is 34.4 Å². The monoisotopic (exact) mass is 345 g/mol. The summed E-state index contributed by atoms with van der Waals surface area (Å²) in [5.74, 6) is 0. The molecule has 0 spiro atoms. The zero-order valence-corrected chi connectivity index (χ0v) is 14.9. The molecular formula is C19H24BrN. The van der Waals surface area contributed by atoms with Crippen molar-refractivity contribution < 1.29 is 0 Å². The normalized spacial score (nSPS) is 12.2. The van der Waals surface area contributed by atoms with Crippen LogP contribution in [0.5, 0.6) is 0 Å². The van der Waals surface area contributed by atoms with E-state index in [0.717, 1.165) is 10.9 Å². The van der Waals surface area contributed by atoms with Gasteiger partial charge in [-0.3, -0.25) is 0 Å². The molecule has 0 heterocycles. The zero-order valence-electron chi connectivity index (χ0n) is 13.3. The van der Waals surface area contributed by atoms with E-state index >= 15 is 0 Å². The number of halogens is 1. The molecular weight excluding hydrogens is 322 g/mol. The fourth-order valence-electron chi connectivity index (χ4n) is 2.66. The number of rotatable bonds is 5. The van der Waals surface area contributed by atoms with Gasteiger partial charge in [-0.1, -0.05) is 43.7 Å². The van der Waals surface area contributed by atoms with Crippen LogP contribution in [0, 0.1) is 13.8 Å². The Labute approximate surface area is 136 Å². The molecule has 2 heteroatoms. The third-order valence-electron chi connectivity index (χ3n) is 3.81. The van der Waals surface area contributed by atoms with Crippen LogP contribution in [0.3, 0.4) is 0 Å². The van der Waals surface area contributed by atoms with Crippen LogP contribution in [0.4, 0.5) is 5.69 Å². The number of anilines is 1. The lowest BCUT2D eigenvalue weighted by Crippen LogP contribution is -2.08. The summed E-state index contributed by atoms with van der Waals surface area (Å²) in [7, 11) is 0. The lowest BCUT2D eigenvalue weighted by Gasteiger charge is -2.19. The van der Waals surface area contributed by atoms with Crippen LogP contribution in [0.1, 0.15) is 48.6 Å². The molecule has 2 aromatic carbocycles. The molecule has 0 saturated heterocycles. The van der Waals surface area contributed by atoms with Crippen LogP contribution in [-0.2, 0) is 6.42 Å². The van der Waals surface area contributed by atoms with Crippen LogP contribution < -0.4 is 5.32 Å². The Kier molecular flexibility index (Phi) is 5.46. The van der Waals surface area contributed by atoms with Gasteiger partial charge in [-0.2, -0.15) is 0 Å². The van der Waals surface area contributed by atoms with Crippen molar-refractivity contribution in [1.82, 2.24) is 0 Å². The van der Waals surface area contributed by atoms with Gasteiger partial charge in [0.05, 0.1) is 5.69 Å². The molecule has 1 unspecified atom stereocenters. The van der Waals surface area contributed by atoms with Gasteiger partial charge >= 0.3 is 0 Å². The lowest BCUT2D eigenvalue weighted by molar-refractivity contribution is 0.873. The molecule has 0 fully saturated rings. The highest BCUT2D eigenvalue weighted by Crippen LogP contribution is 2.31. The highest BCUT2D eigenvalue weighted by molar-refractivity contribution is 9.10. The van der Waals surface area contributed by atoms with Crippen LogP contribution in [-0.4, -0.2) is 0 Å². The van der Waals surface area contributed by atoms with Gasteiger partial charge < -0.3 is 5.32 Å². The molecule has 0 bridgehead atoms. The van der Waals surface area contributed by atoms with E-state index in [2.05, 4.69) is 85.3 Å². The third kappa shape index (κ3) is 4.10. The SMILES string of the molecule is CCCc1ccc(C(C)Nc2c(C)cc(C)cc2Br)cc1. The predicted octanol–water partition coefficient (Wildman–Crippen LogP) is 6.19. The number of nitrogens with one attached hydrogen (secondary N) is 1. The first-order valence-electron chi connectivity index (χ1n) is 7.63. The van der Waals surface area contributed by atoms with Crippen molar-refractivity contribution in [1.29, 1.82) is 0 Å². The average molecular weight is 346 g/mol. The topological polar surface area (TPSA) is 12.0 Å². The minimum absolute atomic E-state index is 0.290. The van der Waals surface area contributed by atoms with E-state index in [9.17, 15) is 0 Å². The molecule has 1 atom stereocenters. The van der Waals surface area contributed by atoms with E-state index in [1.54, 1.807) is 0 Å². The first-order valence-corrected chi connectivity index (χ1v) is 8.42. The maximum atomic E-state index is 3.67. The fraction of sp³-hybridized carbons (Fsp3) is 0.368. The van der Waals surface area contributed by atoms with Crippen molar-refractivity contribution in [2.45, 2.75) is 46.6 Å². The molecule has 0 aliphatic heterocycles. The van der Waals surface area contributed by atoms with E-state index in [-0.39, 0.29) is 0 Å². The van der Waals surface area contributed by atoms with E-state index in [0.29, 0.717) is 6.04 Å². The maximum Gasteiger partial charge on any atom is 0.0519 e. The Morgan fingerprint density at radius 1 is 1.10 bits per heavy atom. The van der Waals surface area contributed by atoms with Crippen LogP contribution in [0.25, 0.3) is 0 Å². The molecule has 2 rings (SSSR count). The highest BCUT2D eigenvalue weighted by Gasteiger charge is 2.10.